The maximum absolute atomic E-state index is 14.0. The predicted octanol–water partition coefficient (Wildman–Crippen LogP) is 6.35. The van der Waals surface area contributed by atoms with Gasteiger partial charge in [0.15, 0.2) is 11.4 Å². The van der Waals surface area contributed by atoms with E-state index in [0.29, 0.717) is 21.7 Å². The van der Waals surface area contributed by atoms with Gasteiger partial charge in [-0.15, -0.1) is 0 Å². The third-order valence-corrected chi connectivity index (χ3v) is 6.11. The van der Waals surface area contributed by atoms with Crippen molar-refractivity contribution in [2.75, 3.05) is 5.32 Å². The molecule has 1 unspecified atom stereocenters. The summed E-state index contributed by atoms with van der Waals surface area (Å²) in [5.41, 5.74) is 0.782. The van der Waals surface area contributed by atoms with Gasteiger partial charge < -0.3 is 15.1 Å². The molecular weight excluding hydrogens is 525 g/mol. The number of halogens is 5. The number of benzene rings is 3. The molecule has 1 aliphatic heterocycles. The predicted molar refractivity (Wildman–Crippen MR) is 119 cm³/mol. The standard InChI is InChI=1S/C23H11BrClF3N2O3/c24-9-3-14-19(20(30-22(14)31)13-5-10(26)1-2-16(13)25)18(4-9)29-23(32)15-8-33-21-12(15)6-11(27)7-17(21)28/h1-8,20H,(H,29,32)(H,30,31). The Labute approximate surface area is 197 Å². The third-order valence-electron chi connectivity index (χ3n) is 5.31. The fourth-order valence-electron chi connectivity index (χ4n) is 3.90. The summed E-state index contributed by atoms with van der Waals surface area (Å²) in [6.45, 7) is 0. The molecule has 1 atom stereocenters. The molecule has 5 rings (SSSR count). The molecule has 4 aromatic rings. The molecule has 33 heavy (non-hydrogen) atoms. The van der Waals surface area contributed by atoms with Crippen LogP contribution in [0.1, 0.15) is 37.9 Å². The van der Waals surface area contributed by atoms with E-state index in [0.717, 1.165) is 12.3 Å². The number of hydrogen-bond acceptors (Lipinski definition) is 3. The van der Waals surface area contributed by atoms with E-state index in [4.69, 9.17) is 16.0 Å². The van der Waals surface area contributed by atoms with Crippen LogP contribution in [0.3, 0.4) is 0 Å². The summed E-state index contributed by atoms with van der Waals surface area (Å²) < 4.78 is 47.2. The second-order valence-corrected chi connectivity index (χ2v) is 8.68. The Morgan fingerprint density at radius 1 is 1.09 bits per heavy atom. The molecule has 3 aromatic carbocycles. The number of amides is 2. The second-order valence-electron chi connectivity index (χ2n) is 7.35. The van der Waals surface area contributed by atoms with Crippen molar-refractivity contribution in [3.8, 4) is 0 Å². The lowest BCUT2D eigenvalue weighted by molar-refractivity contribution is 0.0959. The molecule has 2 amide bonds. The number of hydrogen-bond donors (Lipinski definition) is 2. The fourth-order valence-corrected chi connectivity index (χ4v) is 4.58. The SMILES string of the molecule is O=C1NC(c2cc(F)ccc2Cl)c2c(NC(=O)c3coc4c(F)cc(F)cc34)cc(Br)cc21. The maximum atomic E-state index is 14.0. The molecule has 2 N–H and O–H groups in total. The van der Waals surface area contributed by atoms with Gasteiger partial charge in [-0.1, -0.05) is 27.5 Å². The summed E-state index contributed by atoms with van der Waals surface area (Å²) in [7, 11) is 0. The first-order chi connectivity index (χ1) is 15.7. The zero-order valence-electron chi connectivity index (χ0n) is 16.3. The minimum Gasteiger partial charge on any atom is -0.460 e. The highest BCUT2D eigenvalue weighted by Gasteiger charge is 2.35. The Bertz CT molecular complexity index is 1490. The van der Waals surface area contributed by atoms with Crippen LogP contribution in [0.4, 0.5) is 18.9 Å². The van der Waals surface area contributed by atoms with E-state index in [2.05, 4.69) is 26.6 Å². The van der Waals surface area contributed by atoms with Crippen molar-refractivity contribution in [3.63, 3.8) is 0 Å². The maximum Gasteiger partial charge on any atom is 0.259 e. The normalized spacial score (nSPS) is 14.9. The average Bonchev–Trinajstić information content (AvgIpc) is 3.31. The van der Waals surface area contributed by atoms with Crippen LogP contribution in [0.15, 0.2) is 57.6 Å². The zero-order valence-corrected chi connectivity index (χ0v) is 18.7. The smallest absolute Gasteiger partial charge is 0.259 e. The molecule has 0 saturated carbocycles. The van der Waals surface area contributed by atoms with Crippen LogP contribution < -0.4 is 10.6 Å². The fraction of sp³-hybridized carbons (Fsp3) is 0.0435. The van der Waals surface area contributed by atoms with Gasteiger partial charge in [-0.05, 0) is 36.4 Å². The molecule has 0 aliphatic carbocycles. The van der Waals surface area contributed by atoms with Crippen LogP contribution >= 0.6 is 27.5 Å². The molecule has 0 radical (unpaired) electrons. The van der Waals surface area contributed by atoms with Crippen LogP contribution in [0.25, 0.3) is 11.0 Å². The molecule has 166 valence electrons. The minimum atomic E-state index is -0.942. The number of carbonyl (C=O) groups excluding carboxylic acids is 2. The first-order valence-electron chi connectivity index (χ1n) is 9.50. The Hall–Kier alpha value is -3.30. The highest BCUT2D eigenvalue weighted by molar-refractivity contribution is 9.10. The van der Waals surface area contributed by atoms with Crippen LogP contribution in [0.2, 0.25) is 5.02 Å². The van der Waals surface area contributed by atoms with Crippen molar-refractivity contribution in [2.24, 2.45) is 0 Å². The quantitative estimate of drug-likeness (QED) is 0.321. The lowest BCUT2D eigenvalue weighted by Crippen LogP contribution is -2.21. The van der Waals surface area contributed by atoms with Crippen LogP contribution in [0, 0.1) is 17.5 Å². The molecule has 1 aliphatic rings. The van der Waals surface area contributed by atoms with Crippen molar-refractivity contribution < 1.29 is 27.2 Å². The summed E-state index contributed by atoms with van der Waals surface area (Å²) in [6.07, 6.45) is 1.02. The van der Waals surface area contributed by atoms with Crippen molar-refractivity contribution >= 4 is 56.0 Å². The Morgan fingerprint density at radius 2 is 1.88 bits per heavy atom. The van der Waals surface area contributed by atoms with Gasteiger partial charge in [-0.25, -0.2) is 13.2 Å². The van der Waals surface area contributed by atoms with E-state index in [9.17, 15) is 22.8 Å². The summed E-state index contributed by atoms with van der Waals surface area (Å²) in [4.78, 5) is 25.7. The Balaban J connectivity index is 1.61. The number of nitrogens with one attached hydrogen (secondary N) is 2. The Morgan fingerprint density at radius 3 is 2.67 bits per heavy atom. The number of furan rings is 1. The van der Waals surface area contributed by atoms with E-state index < -0.39 is 35.3 Å². The molecule has 2 heterocycles. The van der Waals surface area contributed by atoms with Crippen LogP contribution in [-0.2, 0) is 0 Å². The van der Waals surface area contributed by atoms with Gasteiger partial charge >= 0.3 is 0 Å². The molecule has 10 heteroatoms. The molecule has 0 saturated heterocycles. The van der Waals surface area contributed by atoms with Gasteiger partial charge in [0.05, 0.1) is 11.6 Å². The highest BCUT2D eigenvalue weighted by Crippen LogP contribution is 2.41. The van der Waals surface area contributed by atoms with Gasteiger partial charge in [0.1, 0.15) is 17.9 Å². The lowest BCUT2D eigenvalue weighted by Gasteiger charge is -2.18. The molecular formula is C23H11BrClF3N2O3. The van der Waals surface area contributed by atoms with E-state index in [1.807, 2.05) is 0 Å². The summed E-state index contributed by atoms with van der Waals surface area (Å²) in [6, 6.07) is 7.68. The topological polar surface area (TPSA) is 71.3 Å². The largest absolute Gasteiger partial charge is 0.460 e. The van der Waals surface area contributed by atoms with E-state index in [-0.39, 0.29) is 32.8 Å². The molecule has 0 bridgehead atoms. The highest BCUT2D eigenvalue weighted by atomic mass is 79.9. The van der Waals surface area contributed by atoms with E-state index in [1.54, 1.807) is 12.1 Å². The van der Waals surface area contributed by atoms with Gasteiger partial charge in [0.2, 0.25) is 0 Å². The van der Waals surface area contributed by atoms with Gasteiger partial charge in [-0.2, -0.15) is 0 Å². The number of rotatable bonds is 3. The monoisotopic (exact) mass is 534 g/mol. The van der Waals surface area contributed by atoms with Crippen molar-refractivity contribution in [1.29, 1.82) is 0 Å². The van der Waals surface area contributed by atoms with Gasteiger partial charge in [0, 0.05) is 43.3 Å². The van der Waals surface area contributed by atoms with Crippen molar-refractivity contribution in [2.45, 2.75) is 6.04 Å². The van der Waals surface area contributed by atoms with E-state index in [1.165, 1.54) is 18.2 Å². The first-order valence-corrected chi connectivity index (χ1v) is 10.7. The number of anilines is 1. The van der Waals surface area contributed by atoms with Crippen molar-refractivity contribution in [1.82, 2.24) is 5.32 Å². The number of carbonyl (C=O) groups is 2. The van der Waals surface area contributed by atoms with E-state index >= 15 is 0 Å². The summed E-state index contributed by atoms with van der Waals surface area (Å²) >= 11 is 9.57. The molecule has 5 nitrogen and oxygen atoms in total. The minimum absolute atomic E-state index is 0.0458. The second kappa shape index (κ2) is 7.93. The lowest BCUT2D eigenvalue weighted by atomic mass is 9.96. The van der Waals surface area contributed by atoms with Crippen LogP contribution in [0.5, 0.6) is 0 Å². The van der Waals surface area contributed by atoms with Gasteiger partial charge in [0.25, 0.3) is 11.8 Å². The molecule has 0 fully saturated rings. The Kier molecular flexibility index (Phi) is 5.18. The molecule has 1 aromatic heterocycles. The first kappa shape index (κ1) is 21.5. The number of fused-ring (bicyclic) bond motifs is 2. The van der Waals surface area contributed by atoms with Gasteiger partial charge in [-0.3, -0.25) is 9.59 Å². The van der Waals surface area contributed by atoms with Crippen molar-refractivity contribution in [3.05, 3.63) is 97.9 Å². The summed E-state index contributed by atoms with van der Waals surface area (Å²) in [5.74, 6) is -3.52. The third kappa shape index (κ3) is 3.67. The molecule has 0 spiro atoms. The summed E-state index contributed by atoms with van der Waals surface area (Å²) in [5, 5.41) is 5.59. The average molecular weight is 536 g/mol. The zero-order chi connectivity index (χ0) is 23.4. The van der Waals surface area contributed by atoms with Crippen LogP contribution in [-0.4, -0.2) is 11.8 Å².